The second kappa shape index (κ2) is 8.21. The number of pyridine rings is 1. The molecule has 1 aliphatic rings. The molecule has 1 aliphatic carbocycles. The summed E-state index contributed by atoms with van der Waals surface area (Å²) in [6, 6.07) is 15.5. The molecular weight excluding hydrogens is 391 g/mol. The first-order valence-electron chi connectivity index (χ1n) is 9.47. The van der Waals surface area contributed by atoms with Gasteiger partial charge in [0.25, 0.3) is 0 Å². The monoisotopic (exact) mass is 410 g/mol. The summed E-state index contributed by atoms with van der Waals surface area (Å²) >= 11 is 5.97. The van der Waals surface area contributed by atoms with Gasteiger partial charge < -0.3 is 10.1 Å². The van der Waals surface area contributed by atoms with Gasteiger partial charge in [0.2, 0.25) is 5.91 Å². The second-order valence-corrected chi connectivity index (χ2v) is 7.62. The largest absolute Gasteiger partial charge is 0.453 e. The number of halogens is 2. The van der Waals surface area contributed by atoms with Gasteiger partial charge in [0, 0.05) is 17.8 Å². The quantitative estimate of drug-likeness (QED) is 0.591. The molecular formula is C23H20ClFN2O2. The van der Waals surface area contributed by atoms with Crippen molar-refractivity contribution in [1.82, 2.24) is 10.3 Å². The highest BCUT2D eigenvalue weighted by Gasteiger charge is 2.45. The topological polar surface area (TPSA) is 51.2 Å². The van der Waals surface area contributed by atoms with E-state index in [4.69, 9.17) is 16.3 Å². The van der Waals surface area contributed by atoms with Crippen molar-refractivity contribution in [1.29, 1.82) is 0 Å². The fourth-order valence-electron chi connectivity index (χ4n) is 3.57. The molecule has 0 atom stereocenters. The zero-order valence-electron chi connectivity index (χ0n) is 15.7. The summed E-state index contributed by atoms with van der Waals surface area (Å²) in [6.07, 6.45) is 5.74. The van der Waals surface area contributed by atoms with E-state index in [0.29, 0.717) is 16.3 Å². The molecule has 0 spiro atoms. The zero-order valence-corrected chi connectivity index (χ0v) is 16.5. The van der Waals surface area contributed by atoms with Crippen LogP contribution in [0, 0.1) is 5.82 Å². The SMILES string of the molecule is O=C(NCc1ccc(Oc2cccnc2)c(F)c1)C1(c2ccc(Cl)cc2)CCC1. The van der Waals surface area contributed by atoms with E-state index in [-0.39, 0.29) is 18.2 Å². The Bertz CT molecular complexity index is 1010. The van der Waals surface area contributed by atoms with Gasteiger partial charge in [0.05, 0.1) is 11.6 Å². The second-order valence-electron chi connectivity index (χ2n) is 7.18. The highest BCUT2D eigenvalue weighted by Crippen LogP contribution is 2.44. The molecule has 1 N–H and O–H groups in total. The molecule has 29 heavy (non-hydrogen) atoms. The average Bonchev–Trinajstić information content (AvgIpc) is 2.70. The number of amides is 1. The van der Waals surface area contributed by atoms with Crippen LogP contribution in [0.15, 0.2) is 67.0 Å². The number of hydrogen-bond donors (Lipinski definition) is 1. The molecule has 0 bridgehead atoms. The Labute approximate surface area is 173 Å². The first-order chi connectivity index (χ1) is 14.1. The maximum Gasteiger partial charge on any atom is 0.230 e. The Morgan fingerprint density at radius 3 is 2.59 bits per heavy atom. The molecule has 1 amide bonds. The highest BCUT2D eigenvalue weighted by molar-refractivity contribution is 6.30. The van der Waals surface area contributed by atoms with Crippen molar-refractivity contribution in [2.45, 2.75) is 31.2 Å². The van der Waals surface area contributed by atoms with Crippen LogP contribution in [-0.2, 0) is 16.8 Å². The van der Waals surface area contributed by atoms with Crippen molar-refractivity contribution in [3.63, 3.8) is 0 Å². The van der Waals surface area contributed by atoms with Gasteiger partial charge in [0.15, 0.2) is 11.6 Å². The fourth-order valence-corrected chi connectivity index (χ4v) is 3.70. The number of nitrogens with zero attached hydrogens (tertiary/aromatic N) is 1. The molecule has 3 aromatic rings. The number of carbonyl (C=O) groups excluding carboxylic acids is 1. The van der Waals surface area contributed by atoms with E-state index in [9.17, 15) is 9.18 Å². The predicted molar refractivity (Wildman–Crippen MR) is 110 cm³/mol. The molecule has 6 heteroatoms. The van der Waals surface area contributed by atoms with E-state index in [1.165, 1.54) is 12.3 Å². The van der Waals surface area contributed by atoms with Crippen LogP contribution in [0.3, 0.4) is 0 Å². The molecule has 4 nitrogen and oxygen atoms in total. The zero-order chi connectivity index (χ0) is 20.3. The Balaban J connectivity index is 1.42. The number of benzene rings is 2. The van der Waals surface area contributed by atoms with Gasteiger partial charge in [0.1, 0.15) is 5.75 Å². The molecule has 0 radical (unpaired) electrons. The Morgan fingerprint density at radius 1 is 1.17 bits per heavy atom. The number of ether oxygens (including phenoxy) is 1. The van der Waals surface area contributed by atoms with E-state index < -0.39 is 11.2 Å². The molecule has 1 heterocycles. The van der Waals surface area contributed by atoms with Gasteiger partial charge in [-0.2, -0.15) is 0 Å². The van der Waals surface area contributed by atoms with Crippen LogP contribution >= 0.6 is 11.6 Å². The van der Waals surface area contributed by atoms with Crippen LogP contribution in [0.1, 0.15) is 30.4 Å². The maximum absolute atomic E-state index is 14.4. The van der Waals surface area contributed by atoms with E-state index >= 15 is 0 Å². The maximum atomic E-state index is 14.4. The minimum atomic E-state index is -0.521. The van der Waals surface area contributed by atoms with E-state index in [1.807, 2.05) is 12.1 Å². The summed E-state index contributed by atoms with van der Waals surface area (Å²) < 4.78 is 19.9. The summed E-state index contributed by atoms with van der Waals surface area (Å²) in [7, 11) is 0. The smallest absolute Gasteiger partial charge is 0.230 e. The molecule has 1 fully saturated rings. The van der Waals surface area contributed by atoms with Crippen molar-refractivity contribution in [2.24, 2.45) is 0 Å². The number of nitrogens with one attached hydrogen (secondary N) is 1. The summed E-state index contributed by atoms with van der Waals surface area (Å²) in [5, 5.41) is 3.61. The number of carbonyl (C=O) groups is 1. The van der Waals surface area contributed by atoms with E-state index in [2.05, 4.69) is 10.3 Å². The fraction of sp³-hybridized carbons (Fsp3) is 0.217. The molecule has 2 aromatic carbocycles. The van der Waals surface area contributed by atoms with Crippen LogP contribution in [0.5, 0.6) is 11.5 Å². The minimum absolute atomic E-state index is 0.0397. The Morgan fingerprint density at radius 2 is 1.97 bits per heavy atom. The van der Waals surface area contributed by atoms with Crippen molar-refractivity contribution in [2.75, 3.05) is 0 Å². The lowest BCUT2D eigenvalue weighted by atomic mass is 9.64. The standard InChI is InChI=1S/C23H20ClFN2O2/c24-18-7-5-17(6-8-18)23(10-2-11-23)22(28)27-14-16-4-9-21(20(25)13-16)29-19-3-1-12-26-15-19/h1,3-9,12-13,15H,2,10-11,14H2,(H,27,28). The Hall–Kier alpha value is -2.92. The van der Waals surface area contributed by atoms with Crippen LogP contribution in [0.2, 0.25) is 5.02 Å². The van der Waals surface area contributed by atoms with E-state index in [0.717, 1.165) is 24.8 Å². The Kier molecular flexibility index (Phi) is 5.49. The summed E-state index contributed by atoms with van der Waals surface area (Å²) in [5.41, 5.74) is 1.11. The van der Waals surface area contributed by atoms with Crippen LogP contribution < -0.4 is 10.1 Å². The van der Waals surface area contributed by atoms with Gasteiger partial charge in [-0.05, 0) is 60.4 Å². The molecule has 4 rings (SSSR count). The number of aromatic nitrogens is 1. The highest BCUT2D eigenvalue weighted by atomic mass is 35.5. The normalized spacial score (nSPS) is 14.7. The van der Waals surface area contributed by atoms with Crippen LogP contribution in [0.4, 0.5) is 4.39 Å². The third-order valence-corrected chi connectivity index (χ3v) is 5.60. The summed E-state index contributed by atoms with van der Waals surface area (Å²) in [6.45, 7) is 0.248. The van der Waals surface area contributed by atoms with Gasteiger partial charge >= 0.3 is 0 Å². The lowest BCUT2D eigenvalue weighted by Gasteiger charge is -2.40. The predicted octanol–water partition coefficient (Wildman–Crippen LogP) is 5.40. The summed E-state index contributed by atoms with van der Waals surface area (Å²) in [5.74, 6) is 0.0471. The molecule has 0 saturated heterocycles. The van der Waals surface area contributed by atoms with Crippen molar-refractivity contribution >= 4 is 17.5 Å². The third kappa shape index (κ3) is 4.10. The van der Waals surface area contributed by atoms with Gasteiger partial charge in [-0.1, -0.05) is 36.2 Å². The molecule has 1 aromatic heterocycles. The van der Waals surface area contributed by atoms with Crippen molar-refractivity contribution in [3.8, 4) is 11.5 Å². The first kappa shape index (κ1) is 19.4. The number of hydrogen-bond acceptors (Lipinski definition) is 3. The van der Waals surface area contributed by atoms with Crippen molar-refractivity contribution < 1.29 is 13.9 Å². The third-order valence-electron chi connectivity index (χ3n) is 5.35. The molecule has 0 aliphatic heterocycles. The van der Waals surface area contributed by atoms with Gasteiger partial charge in [-0.15, -0.1) is 0 Å². The lowest BCUT2D eigenvalue weighted by molar-refractivity contribution is -0.130. The minimum Gasteiger partial charge on any atom is -0.453 e. The van der Waals surface area contributed by atoms with Crippen molar-refractivity contribution in [3.05, 3.63) is 89.0 Å². The lowest BCUT2D eigenvalue weighted by Crippen LogP contribution is -2.48. The molecule has 0 unspecified atom stereocenters. The van der Waals surface area contributed by atoms with E-state index in [1.54, 1.807) is 42.6 Å². The van der Waals surface area contributed by atoms with Crippen LogP contribution in [-0.4, -0.2) is 10.9 Å². The first-order valence-corrected chi connectivity index (χ1v) is 9.85. The van der Waals surface area contributed by atoms with Crippen LogP contribution in [0.25, 0.3) is 0 Å². The summed E-state index contributed by atoms with van der Waals surface area (Å²) in [4.78, 5) is 16.9. The van der Waals surface area contributed by atoms with Gasteiger partial charge in [-0.3, -0.25) is 9.78 Å². The number of rotatable bonds is 6. The van der Waals surface area contributed by atoms with Gasteiger partial charge in [-0.25, -0.2) is 4.39 Å². The molecule has 148 valence electrons. The molecule has 1 saturated carbocycles. The average molecular weight is 411 g/mol.